The molecule has 1 aromatic carbocycles. The van der Waals surface area contributed by atoms with Crippen LogP contribution in [0.5, 0.6) is 5.75 Å². The van der Waals surface area contributed by atoms with Gasteiger partial charge in [-0.05, 0) is 43.3 Å². The van der Waals surface area contributed by atoms with E-state index < -0.39 is 0 Å². The van der Waals surface area contributed by atoms with Crippen molar-refractivity contribution in [1.29, 1.82) is 0 Å². The highest BCUT2D eigenvalue weighted by Gasteiger charge is 2.19. The number of aromatic nitrogens is 2. The topological polar surface area (TPSA) is 83.7 Å². The molecule has 3 aromatic rings. The molecular formula is C21H23N5O3. The van der Waals surface area contributed by atoms with Gasteiger partial charge in [-0.2, -0.15) is 0 Å². The number of anilines is 3. The van der Waals surface area contributed by atoms with Gasteiger partial charge < -0.3 is 24.4 Å². The van der Waals surface area contributed by atoms with Gasteiger partial charge in [-0.25, -0.2) is 0 Å². The highest BCUT2D eigenvalue weighted by atomic mass is 16.5. The molecule has 150 valence electrons. The lowest BCUT2D eigenvalue weighted by molar-refractivity contribution is 0.102. The number of hydrogen-bond acceptors (Lipinski definition) is 7. The predicted octanol–water partition coefficient (Wildman–Crippen LogP) is 2.97. The van der Waals surface area contributed by atoms with Gasteiger partial charge in [0.15, 0.2) is 5.82 Å². The number of carbonyl (C=O) groups is 1. The molecule has 4 rings (SSSR count). The lowest BCUT2D eigenvalue weighted by atomic mass is 10.2. The van der Waals surface area contributed by atoms with E-state index in [4.69, 9.17) is 9.26 Å². The fourth-order valence-corrected chi connectivity index (χ4v) is 3.36. The number of methoxy groups -OCH3 is 1. The number of nitrogens with one attached hydrogen (secondary N) is 1. The summed E-state index contributed by atoms with van der Waals surface area (Å²) in [5.74, 6) is 1.57. The van der Waals surface area contributed by atoms with E-state index in [1.54, 1.807) is 26.3 Å². The van der Waals surface area contributed by atoms with E-state index in [0.29, 0.717) is 17.3 Å². The fraction of sp³-hybridized carbons (Fsp3) is 0.286. The van der Waals surface area contributed by atoms with Gasteiger partial charge in [0.2, 0.25) is 0 Å². The molecule has 0 radical (unpaired) electrons. The number of rotatable bonds is 5. The maximum absolute atomic E-state index is 12.5. The van der Waals surface area contributed by atoms with Crippen LogP contribution in [0.15, 0.2) is 53.2 Å². The van der Waals surface area contributed by atoms with Crippen molar-refractivity contribution >= 4 is 23.1 Å². The second-order valence-electron chi connectivity index (χ2n) is 6.85. The summed E-state index contributed by atoms with van der Waals surface area (Å²) in [5.41, 5.74) is 2.51. The monoisotopic (exact) mass is 393 g/mol. The summed E-state index contributed by atoms with van der Waals surface area (Å²) < 4.78 is 10.2. The van der Waals surface area contributed by atoms with Crippen molar-refractivity contribution in [3.05, 3.63) is 60.1 Å². The zero-order chi connectivity index (χ0) is 20.2. The molecule has 1 amide bonds. The number of hydrogen-bond donors (Lipinski definition) is 1. The molecule has 1 aliphatic rings. The maximum atomic E-state index is 12.5. The second-order valence-corrected chi connectivity index (χ2v) is 6.85. The average Bonchev–Trinajstić information content (AvgIpc) is 3.18. The van der Waals surface area contributed by atoms with Crippen molar-refractivity contribution in [2.24, 2.45) is 0 Å². The minimum absolute atomic E-state index is 0.308. The van der Waals surface area contributed by atoms with Crippen LogP contribution in [0, 0.1) is 6.92 Å². The van der Waals surface area contributed by atoms with E-state index in [0.717, 1.165) is 37.6 Å². The van der Waals surface area contributed by atoms with E-state index in [2.05, 4.69) is 37.4 Å². The van der Waals surface area contributed by atoms with Gasteiger partial charge in [-0.3, -0.25) is 9.78 Å². The van der Waals surface area contributed by atoms with Gasteiger partial charge in [0.1, 0.15) is 17.2 Å². The standard InChI is InChI=1S/C21H23N5O3/c1-15-13-20(24-29-15)23-21(27)19-14-17(7-8-22-19)26-11-9-25(10-12-26)16-3-5-18(28-2)6-4-16/h3-8,13-14H,9-12H2,1-2H3,(H,23,24,27). The van der Waals surface area contributed by atoms with Crippen LogP contribution >= 0.6 is 0 Å². The van der Waals surface area contributed by atoms with Crippen molar-refractivity contribution < 1.29 is 14.1 Å². The Morgan fingerprint density at radius 3 is 2.34 bits per heavy atom. The van der Waals surface area contributed by atoms with Crippen molar-refractivity contribution in [2.75, 3.05) is 48.4 Å². The largest absolute Gasteiger partial charge is 0.497 e. The number of ether oxygens (including phenoxy) is 1. The Morgan fingerprint density at radius 2 is 1.72 bits per heavy atom. The summed E-state index contributed by atoms with van der Waals surface area (Å²) in [6.45, 7) is 5.29. The Balaban J connectivity index is 1.39. The zero-order valence-corrected chi connectivity index (χ0v) is 16.5. The second kappa shape index (κ2) is 8.22. The zero-order valence-electron chi connectivity index (χ0n) is 16.5. The molecule has 8 nitrogen and oxygen atoms in total. The van der Waals surface area contributed by atoms with E-state index >= 15 is 0 Å². The highest BCUT2D eigenvalue weighted by Crippen LogP contribution is 2.23. The fourth-order valence-electron chi connectivity index (χ4n) is 3.36. The molecule has 0 bridgehead atoms. The summed E-state index contributed by atoms with van der Waals surface area (Å²) in [6.07, 6.45) is 1.66. The molecular weight excluding hydrogens is 370 g/mol. The lowest BCUT2D eigenvalue weighted by Crippen LogP contribution is -2.46. The Kier molecular flexibility index (Phi) is 5.33. The lowest BCUT2D eigenvalue weighted by Gasteiger charge is -2.37. The molecule has 0 unspecified atom stereocenters. The van der Waals surface area contributed by atoms with Crippen molar-refractivity contribution in [2.45, 2.75) is 6.92 Å². The van der Waals surface area contributed by atoms with Crippen molar-refractivity contribution in [1.82, 2.24) is 10.1 Å². The molecule has 3 heterocycles. The maximum Gasteiger partial charge on any atom is 0.275 e. The molecule has 0 aliphatic carbocycles. The van der Waals surface area contributed by atoms with Crippen LogP contribution in [0.3, 0.4) is 0 Å². The quantitative estimate of drug-likeness (QED) is 0.713. The average molecular weight is 393 g/mol. The summed E-state index contributed by atoms with van der Waals surface area (Å²) >= 11 is 0. The molecule has 8 heteroatoms. The Labute approximate surface area is 169 Å². The normalized spacial score (nSPS) is 14.0. The molecule has 1 N–H and O–H groups in total. The van der Waals surface area contributed by atoms with Crippen LogP contribution in [0.25, 0.3) is 0 Å². The van der Waals surface area contributed by atoms with E-state index in [-0.39, 0.29) is 5.91 Å². The van der Waals surface area contributed by atoms with Crippen LogP contribution in [0.4, 0.5) is 17.2 Å². The van der Waals surface area contributed by atoms with Gasteiger partial charge in [-0.15, -0.1) is 0 Å². The van der Waals surface area contributed by atoms with Crippen LogP contribution < -0.4 is 19.9 Å². The van der Waals surface area contributed by atoms with E-state index in [1.165, 1.54) is 5.69 Å². The van der Waals surface area contributed by atoms with Crippen LogP contribution in [0.2, 0.25) is 0 Å². The molecule has 1 aliphatic heterocycles. The number of aryl methyl sites for hydroxylation is 1. The van der Waals surface area contributed by atoms with Crippen molar-refractivity contribution in [3.8, 4) is 5.75 Å². The van der Waals surface area contributed by atoms with E-state index in [1.807, 2.05) is 24.3 Å². The van der Waals surface area contributed by atoms with Gasteiger partial charge in [-0.1, -0.05) is 5.16 Å². The highest BCUT2D eigenvalue weighted by molar-refractivity contribution is 6.02. The first kappa shape index (κ1) is 18.8. The Bertz CT molecular complexity index is 978. The molecule has 0 atom stereocenters. The number of pyridine rings is 1. The van der Waals surface area contributed by atoms with Gasteiger partial charge >= 0.3 is 0 Å². The number of benzene rings is 1. The Morgan fingerprint density at radius 1 is 1.03 bits per heavy atom. The first-order valence-corrected chi connectivity index (χ1v) is 9.47. The summed E-state index contributed by atoms with van der Waals surface area (Å²) in [5, 5.41) is 6.49. The SMILES string of the molecule is COc1ccc(N2CCN(c3ccnc(C(=O)Nc4cc(C)on4)c3)CC2)cc1. The minimum atomic E-state index is -0.308. The molecule has 1 fully saturated rings. The van der Waals surface area contributed by atoms with Crippen molar-refractivity contribution in [3.63, 3.8) is 0 Å². The summed E-state index contributed by atoms with van der Waals surface area (Å²) in [6, 6.07) is 13.5. The molecule has 0 saturated carbocycles. The third-order valence-electron chi connectivity index (χ3n) is 4.93. The first-order chi connectivity index (χ1) is 14.1. The van der Waals surface area contributed by atoms with Crippen LogP contribution in [0.1, 0.15) is 16.2 Å². The number of carbonyl (C=O) groups excluding carboxylic acids is 1. The summed E-state index contributed by atoms with van der Waals surface area (Å²) in [7, 11) is 1.67. The predicted molar refractivity (Wildman–Crippen MR) is 111 cm³/mol. The molecule has 0 spiro atoms. The van der Waals surface area contributed by atoms with E-state index in [9.17, 15) is 4.79 Å². The third kappa shape index (κ3) is 4.31. The summed E-state index contributed by atoms with van der Waals surface area (Å²) in [4.78, 5) is 21.3. The number of amides is 1. The van der Waals surface area contributed by atoms with Gasteiger partial charge in [0, 0.05) is 49.8 Å². The Hall–Kier alpha value is -3.55. The van der Waals surface area contributed by atoms with Crippen LogP contribution in [-0.4, -0.2) is 49.3 Å². The van der Waals surface area contributed by atoms with Gasteiger partial charge in [0.25, 0.3) is 5.91 Å². The number of piperazine rings is 1. The number of nitrogens with zero attached hydrogens (tertiary/aromatic N) is 4. The first-order valence-electron chi connectivity index (χ1n) is 9.47. The van der Waals surface area contributed by atoms with Gasteiger partial charge in [0.05, 0.1) is 7.11 Å². The van der Waals surface area contributed by atoms with Crippen LogP contribution in [-0.2, 0) is 0 Å². The molecule has 1 saturated heterocycles. The smallest absolute Gasteiger partial charge is 0.275 e. The minimum Gasteiger partial charge on any atom is -0.497 e. The molecule has 29 heavy (non-hydrogen) atoms. The third-order valence-corrected chi connectivity index (χ3v) is 4.93. The molecule has 2 aromatic heterocycles.